The van der Waals surface area contributed by atoms with E-state index in [1.165, 1.54) is 0 Å². The fourth-order valence-corrected chi connectivity index (χ4v) is 4.26. The number of aliphatic hydroxyl groups excluding tert-OH is 1. The molecule has 5 rings (SSSR count). The molecule has 1 amide bonds. The summed E-state index contributed by atoms with van der Waals surface area (Å²) in [6.07, 6.45) is 3.76. The zero-order chi connectivity index (χ0) is 20.7. The van der Waals surface area contributed by atoms with Crippen LogP contribution in [-0.2, 0) is 11.3 Å². The summed E-state index contributed by atoms with van der Waals surface area (Å²) in [5.74, 6) is 9.45. The summed E-state index contributed by atoms with van der Waals surface area (Å²) < 4.78 is 7.31. The number of rotatable bonds is 5. The third-order valence-corrected chi connectivity index (χ3v) is 5.94. The van der Waals surface area contributed by atoms with Crippen molar-refractivity contribution in [2.24, 2.45) is 17.8 Å². The first-order chi connectivity index (χ1) is 14.6. The molecule has 7 nitrogen and oxygen atoms in total. The van der Waals surface area contributed by atoms with Crippen LogP contribution in [-0.4, -0.2) is 44.2 Å². The van der Waals surface area contributed by atoms with E-state index in [1.54, 1.807) is 13.1 Å². The van der Waals surface area contributed by atoms with E-state index in [9.17, 15) is 9.90 Å². The van der Waals surface area contributed by atoms with Crippen molar-refractivity contribution in [1.29, 1.82) is 0 Å². The predicted octanol–water partition coefficient (Wildman–Crippen LogP) is 2.33. The number of imidazole rings is 1. The molecule has 1 aliphatic heterocycles. The van der Waals surface area contributed by atoms with Crippen molar-refractivity contribution in [2.75, 3.05) is 13.1 Å². The number of aliphatic hydroxyl groups is 1. The van der Waals surface area contributed by atoms with Gasteiger partial charge in [-0.25, -0.2) is 4.98 Å². The summed E-state index contributed by atoms with van der Waals surface area (Å²) in [6, 6.07) is 9.87. The summed E-state index contributed by atoms with van der Waals surface area (Å²) in [5.41, 5.74) is 2.69. The van der Waals surface area contributed by atoms with Crippen LogP contribution < -0.4 is 0 Å². The number of piperidine rings is 1. The lowest BCUT2D eigenvalue weighted by Crippen LogP contribution is -2.22. The van der Waals surface area contributed by atoms with E-state index in [2.05, 4.69) is 22.0 Å². The van der Waals surface area contributed by atoms with Crippen LogP contribution in [0.2, 0.25) is 0 Å². The minimum Gasteiger partial charge on any atom is -0.385 e. The molecule has 1 aromatic carbocycles. The number of carbonyl (C=O) groups is 1. The second kappa shape index (κ2) is 7.47. The van der Waals surface area contributed by atoms with Gasteiger partial charge in [-0.15, -0.1) is 0 Å². The summed E-state index contributed by atoms with van der Waals surface area (Å²) >= 11 is 0. The molecule has 2 fully saturated rings. The molecule has 30 heavy (non-hydrogen) atoms. The SMILES string of the molecule is C[C@H](O)c1nccn1Cc1cc(-c2ccc(C#CC3C4CN(C=O)CC34)cc2)no1. The van der Waals surface area contributed by atoms with Crippen LogP contribution >= 0.6 is 0 Å². The lowest BCUT2D eigenvalue weighted by atomic mass is 10.1. The molecular formula is C23H22N4O3. The number of amides is 1. The third-order valence-electron chi connectivity index (χ3n) is 5.94. The number of carbonyl (C=O) groups excluding carboxylic acids is 1. The fourth-order valence-electron chi connectivity index (χ4n) is 4.26. The quantitative estimate of drug-likeness (QED) is 0.523. The number of likely N-dealkylation sites (tertiary alicyclic amines) is 1. The van der Waals surface area contributed by atoms with Crippen molar-refractivity contribution in [3.8, 4) is 23.1 Å². The van der Waals surface area contributed by atoms with Crippen LogP contribution in [0, 0.1) is 29.6 Å². The van der Waals surface area contributed by atoms with Crippen molar-refractivity contribution in [1.82, 2.24) is 19.6 Å². The number of aromatic nitrogens is 3. The van der Waals surface area contributed by atoms with E-state index in [4.69, 9.17) is 4.52 Å². The van der Waals surface area contributed by atoms with Crippen LogP contribution in [0.1, 0.15) is 30.2 Å². The average Bonchev–Trinajstić information content (AvgIpc) is 3.25. The van der Waals surface area contributed by atoms with Gasteiger partial charge in [-0.3, -0.25) is 4.79 Å². The highest BCUT2D eigenvalue weighted by Gasteiger charge is 2.54. The van der Waals surface area contributed by atoms with Crippen LogP contribution in [0.5, 0.6) is 0 Å². The van der Waals surface area contributed by atoms with Gasteiger partial charge in [-0.05, 0) is 30.9 Å². The van der Waals surface area contributed by atoms with Gasteiger partial charge < -0.3 is 19.1 Å². The molecule has 2 aliphatic rings. The Morgan fingerprint density at radius 3 is 2.77 bits per heavy atom. The molecule has 7 heteroatoms. The van der Waals surface area contributed by atoms with Crippen LogP contribution in [0.15, 0.2) is 47.2 Å². The minimum atomic E-state index is -0.643. The molecule has 3 aromatic rings. The highest BCUT2D eigenvalue weighted by Crippen LogP contribution is 2.50. The molecule has 1 saturated carbocycles. The third kappa shape index (κ3) is 3.51. The second-order valence-electron chi connectivity index (χ2n) is 8.03. The Kier molecular flexibility index (Phi) is 4.64. The first-order valence-corrected chi connectivity index (χ1v) is 10.1. The monoisotopic (exact) mass is 402 g/mol. The largest absolute Gasteiger partial charge is 0.385 e. The average molecular weight is 402 g/mol. The van der Waals surface area contributed by atoms with Gasteiger partial charge in [0.25, 0.3) is 0 Å². The number of nitrogens with zero attached hydrogens (tertiary/aromatic N) is 4. The summed E-state index contributed by atoms with van der Waals surface area (Å²) in [7, 11) is 0. The van der Waals surface area contributed by atoms with Gasteiger partial charge in [0.05, 0.1) is 6.54 Å². The molecule has 0 spiro atoms. The Morgan fingerprint density at radius 2 is 2.07 bits per heavy atom. The highest BCUT2D eigenvalue weighted by molar-refractivity contribution is 5.60. The van der Waals surface area contributed by atoms with Crippen molar-refractivity contribution >= 4 is 6.41 Å². The first-order valence-electron chi connectivity index (χ1n) is 10.1. The summed E-state index contributed by atoms with van der Waals surface area (Å²) in [6.45, 7) is 3.84. The van der Waals surface area contributed by atoms with Gasteiger partial charge in [0.15, 0.2) is 5.76 Å². The fraction of sp³-hybridized carbons (Fsp3) is 0.348. The Bertz CT molecular complexity index is 1110. The van der Waals surface area contributed by atoms with E-state index in [0.717, 1.165) is 36.3 Å². The molecule has 0 bridgehead atoms. The number of hydrogen-bond acceptors (Lipinski definition) is 5. The zero-order valence-corrected chi connectivity index (χ0v) is 16.6. The zero-order valence-electron chi connectivity index (χ0n) is 16.6. The van der Waals surface area contributed by atoms with E-state index in [1.807, 2.05) is 46.0 Å². The maximum atomic E-state index is 10.8. The molecule has 3 heterocycles. The molecule has 1 aliphatic carbocycles. The van der Waals surface area contributed by atoms with Crippen LogP contribution in [0.3, 0.4) is 0 Å². The lowest BCUT2D eigenvalue weighted by Gasteiger charge is -2.10. The Morgan fingerprint density at radius 1 is 1.30 bits per heavy atom. The normalized spacial score (nSPS) is 22.9. The van der Waals surface area contributed by atoms with Crippen LogP contribution in [0.25, 0.3) is 11.3 Å². The highest BCUT2D eigenvalue weighted by atomic mass is 16.5. The van der Waals surface area contributed by atoms with Crippen molar-refractivity contribution in [2.45, 2.75) is 19.6 Å². The predicted molar refractivity (Wildman–Crippen MR) is 109 cm³/mol. The molecule has 1 saturated heterocycles. The maximum Gasteiger partial charge on any atom is 0.209 e. The van der Waals surface area contributed by atoms with Gasteiger partial charge in [0, 0.05) is 48.6 Å². The Labute approximate surface area is 174 Å². The van der Waals surface area contributed by atoms with Gasteiger partial charge in [0.2, 0.25) is 6.41 Å². The molecule has 3 atom stereocenters. The molecule has 0 radical (unpaired) electrons. The second-order valence-corrected chi connectivity index (χ2v) is 8.03. The molecule has 1 N–H and O–H groups in total. The van der Waals surface area contributed by atoms with Crippen LogP contribution in [0.4, 0.5) is 0 Å². The smallest absolute Gasteiger partial charge is 0.209 e. The molecule has 2 aromatic heterocycles. The molecule has 2 unspecified atom stereocenters. The molecule has 152 valence electrons. The van der Waals surface area contributed by atoms with E-state index in [0.29, 0.717) is 35.9 Å². The summed E-state index contributed by atoms with van der Waals surface area (Å²) in [5, 5.41) is 13.9. The standard InChI is InChI=1S/C23H22N4O3/c1-15(29)23-24-8-9-27(23)11-18-10-22(25-30-18)17-5-2-16(3-6-17)4-7-19-20-12-26(14-28)13-21(19)20/h2-3,5-6,8-10,14-15,19-21,29H,11-13H2,1H3/t15-,19?,20?,21?/m0/s1. The van der Waals surface area contributed by atoms with Crippen molar-refractivity contribution in [3.05, 3.63) is 59.9 Å². The first kappa shape index (κ1) is 18.6. The topological polar surface area (TPSA) is 84.4 Å². The number of fused-ring (bicyclic) bond motifs is 1. The van der Waals surface area contributed by atoms with Crippen molar-refractivity contribution in [3.63, 3.8) is 0 Å². The number of benzene rings is 1. The Balaban J connectivity index is 1.23. The van der Waals surface area contributed by atoms with Gasteiger partial charge in [0.1, 0.15) is 17.6 Å². The maximum absolute atomic E-state index is 10.8. The van der Waals surface area contributed by atoms with E-state index < -0.39 is 6.10 Å². The van der Waals surface area contributed by atoms with E-state index in [-0.39, 0.29) is 0 Å². The van der Waals surface area contributed by atoms with Gasteiger partial charge in [-0.2, -0.15) is 0 Å². The number of hydrogen-bond donors (Lipinski definition) is 1. The van der Waals surface area contributed by atoms with Gasteiger partial charge in [-0.1, -0.05) is 29.1 Å². The Hall–Kier alpha value is -3.37. The van der Waals surface area contributed by atoms with Crippen molar-refractivity contribution < 1.29 is 14.4 Å². The minimum absolute atomic E-state index is 0.425. The van der Waals surface area contributed by atoms with E-state index >= 15 is 0 Å². The molecular weight excluding hydrogens is 380 g/mol. The summed E-state index contributed by atoms with van der Waals surface area (Å²) in [4.78, 5) is 16.8. The van der Waals surface area contributed by atoms with Gasteiger partial charge >= 0.3 is 0 Å². The lowest BCUT2D eigenvalue weighted by molar-refractivity contribution is -0.117.